The molecule has 4 heteroatoms. The average Bonchev–Trinajstić information content (AvgIpc) is 2.97. The maximum Gasteiger partial charge on any atom is 0.315 e. The topological polar surface area (TPSA) is 41.1 Å². The monoisotopic (exact) mass is 238 g/mol. The van der Waals surface area contributed by atoms with Crippen LogP contribution in [0.3, 0.4) is 0 Å². The molecule has 1 aromatic rings. The van der Waals surface area contributed by atoms with E-state index in [0.29, 0.717) is 5.92 Å². The van der Waals surface area contributed by atoms with Crippen molar-refractivity contribution in [3.63, 3.8) is 0 Å². The van der Waals surface area contributed by atoms with E-state index >= 15 is 0 Å². The second-order valence-corrected chi connectivity index (χ2v) is 5.24. The summed E-state index contributed by atoms with van der Waals surface area (Å²) in [5.74, 6) is 0.607. The van der Waals surface area contributed by atoms with Gasteiger partial charge in [-0.05, 0) is 30.2 Å². The Morgan fingerprint density at radius 1 is 1.50 bits per heavy atom. The SMILES string of the molecule is CNC(=O)N[C@@H](c1cccs1)C1CCCC1. The third-order valence-electron chi connectivity index (χ3n) is 3.23. The van der Waals surface area contributed by atoms with Gasteiger partial charge in [-0.15, -0.1) is 11.3 Å². The first kappa shape index (κ1) is 11.5. The zero-order valence-electron chi connectivity index (χ0n) is 9.53. The van der Waals surface area contributed by atoms with Crippen LogP contribution in [-0.4, -0.2) is 13.1 Å². The van der Waals surface area contributed by atoms with E-state index in [1.54, 1.807) is 18.4 Å². The van der Waals surface area contributed by atoms with Gasteiger partial charge in [0.25, 0.3) is 0 Å². The molecule has 1 aromatic heterocycles. The number of thiophene rings is 1. The summed E-state index contributed by atoms with van der Waals surface area (Å²) in [6, 6.07) is 4.28. The molecule has 1 heterocycles. The molecule has 0 bridgehead atoms. The lowest BCUT2D eigenvalue weighted by Crippen LogP contribution is -2.38. The van der Waals surface area contributed by atoms with Gasteiger partial charge in [0.2, 0.25) is 0 Å². The van der Waals surface area contributed by atoms with Crippen molar-refractivity contribution in [1.82, 2.24) is 10.6 Å². The Kier molecular flexibility index (Phi) is 3.83. The summed E-state index contributed by atoms with van der Waals surface area (Å²) in [7, 11) is 1.66. The number of nitrogens with one attached hydrogen (secondary N) is 2. The van der Waals surface area contributed by atoms with Crippen molar-refractivity contribution in [2.24, 2.45) is 5.92 Å². The molecule has 1 atom stereocenters. The quantitative estimate of drug-likeness (QED) is 0.835. The van der Waals surface area contributed by atoms with Crippen molar-refractivity contribution in [2.75, 3.05) is 7.05 Å². The van der Waals surface area contributed by atoms with Crippen LogP contribution in [0.15, 0.2) is 17.5 Å². The van der Waals surface area contributed by atoms with Gasteiger partial charge >= 0.3 is 6.03 Å². The number of hydrogen-bond acceptors (Lipinski definition) is 2. The lowest BCUT2D eigenvalue weighted by molar-refractivity contribution is 0.233. The highest BCUT2D eigenvalue weighted by Crippen LogP contribution is 2.37. The Morgan fingerprint density at radius 3 is 2.81 bits per heavy atom. The molecule has 88 valence electrons. The van der Waals surface area contributed by atoms with Crippen molar-refractivity contribution in [3.8, 4) is 0 Å². The van der Waals surface area contributed by atoms with E-state index in [4.69, 9.17) is 0 Å². The van der Waals surface area contributed by atoms with Crippen molar-refractivity contribution in [2.45, 2.75) is 31.7 Å². The van der Waals surface area contributed by atoms with Crippen LogP contribution in [0, 0.1) is 5.92 Å². The van der Waals surface area contributed by atoms with Crippen molar-refractivity contribution in [1.29, 1.82) is 0 Å². The Balaban J connectivity index is 2.09. The molecule has 1 aliphatic carbocycles. The predicted octanol–water partition coefficient (Wildman–Crippen LogP) is 2.91. The minimum Gasteiger partial charge on any atom is -0.341 e. The number of urea groups is 1. The Hall–Kier alpha value is -1.03. The van der Waals surface area contributed by atoms with Gasteiger partial charge in [0.15, 0.2) is 0 Å². The second-order valence-electron chi connectivity index (χ2n) is 4.26. The zero-order chi connectivity index (χ0) is 11.4. The number of hydrogen-bond donors (Lipinski definition) is 2. The van der Waals surface area contributed by atoms with Gasteiger partial charge in [0.1, 0.15) is 0 Å². The molecule has 16 heavy (non-hydrogen) atoms. The lowest BCUT2D eigenvalue weighted by Gasteiger charge is -2.23. The summed E-state index contributed by atoms with van der Waals surface area (Å²) in [5, 5.41) is 7.78. The van der Waals surface area contributed by atoms with Crippen LogP contribution in [-0.2, 0) is 0 Å². The largest absolute Gasteiger partial charge is 0.341 e. The normalized spacial score (nSPS) is 18.3. The van der Waals surface area contributed by atoms with Crippen LogP contribution in [0.25, 0.3) is 0 Å². The first-order valence-electron chi connectivity index (χ1n) is 5.83. The molecule has 0 saturated heterocycles. The number of amides is 2. The fraction of sp³-hybridized carbons (Fsp3) is 0.583. The van der Waals surface area contributed by atoms with E-state index in [1.165, 1.54) is 30.6 Å². The first-order chi connectivity index (χ1) is 7.81. The van der Waals surface area contributed by atoms with Crippen LogP contribution in [0.2, 0.25) is 0 Å². The highest BCUT2D eigenvalue weighted by atomic mass is 32.1. The highest BCUT2D eigenvalue weighted by molar-refractivity contribution is 7.10. The zero-order valence-corrected chi connectivity index (χ0v) is 10.3. The van der Waals surface area contributed by atoms with Crippen molar-refractivity contribution in [3.05, 3.63) is 22.4 Å². The van der Waals surface area contributed by atoms with Crippen LogP contribution >= 0.6 is 11.3 Å². The van der Waals surface area contributed by atoms with Gasteiger partial charge in [-0.1, -0.05) is 18.9 Å². The lowest BCUT2D eigenvalue weighted by atomic mass is 9.97. The fourth-order valence-electron chi connectivity index (χ4n) is 2.39. The molecule has 1 fully saturated rings. The van der Waals surface area contributed by atoms with E-state index < -0.39 is 0 Å². The maximum atomic E-state index is 11.5. The predicted molar refractivity (Wildman–Crippen MR) is 66.6 cm³/mol. The van der Waals surface area contributed by atoms with Gasteiger partial charge in [-0.2, -0.15) is 0 Å². The summed E-state index contributed by atoms with van der Waals surface area (Å²) in [5.41, 5.74) is 0. The second kappa shape index (κ2) is 5.34. The molecule has 3 nitrogen and oxygen atoms in total. The first-order valence-corrected chi connectivity index (χ1v) is 6.71. The average molecular weight is 238 g/mol. The standard InChI is InChI=1S/C12H18N2OS/c1-13-12(15)14-11(9-5-2-3-6-9)10-7-4-8-16-10/h4,7-9,11H,2-3,5-6H2,1H3,(H2,13,14,15)/t11-/m1/s1. The van der Waals surface area contributed by atoms with Crippen LogP contribution in [0.5, 0.6) is 0 Å². The molecule has 0 spiro atoms. The molecular weight excluding hydrogens is 220 g/mol. The van der Waals surface area contributed by atoms with Crippen LogP contribution in [0.4, 0.5) is 4.79 Å². The van der Waals surface area contributed by atoms with E-state index in [0.717, 1.165) is 0 Å². The number of rotatable bonds is 3. The molecule has 0 aliphatic heterocycles. The summed E-state index contributed by atoms with van der Waals surface area (Å²) < 4.78 is 0. The van der Waals surface area contributed by atoms with Gasteiger partial charge < -0.3 is 10.6 Å². The molecule has 0 aromatic carbocycles. The Morgan fingerprint density at radius 2 is 2.25 bits per heavy atom. The fourth-order valence-corrected chi connectivity index (χ4v) is 3.26. The molecule has 2 rings (SSSR count). The Labute approximate surface area is 100 Å². The molecule has 1 aliphatic rings. The summed E-state index contributed by atoms with van der Waals surface area (Å²) >= 11 is 1.73. The van der Waals surface area contributed by atoms with E-state index in [9.17, 15) is 4.79 Å². The van der Waals surface area contributed by atoms with Crippen molar-refractivity contribution >= 4 is 17.4 Å². The molecule has 0 unspecified atom stereocenters. The molecule has 0 radical (unpaired) electrons. The summed E-state index contributed by atoms with van der Waals surface area (Å²) in [4.78, 5) is 12.7. The summed E-state index contributed by atoms with van der Waals surface area (Å²) in [6.07, 6.45) is 5.04. The molecule has 1 saturated carbocycles. The van der Waals surface area contributed by atoms with Gasteiger partial charge in [-0.3, -0.25) is 0 Å². The smallest absolute Gasteiger partial charge is 0.315 e. The van der Waals surface area contributed by atoms with E-state index in [2.05, 4.69) is 22.1 Å². The summed E-state index contributed by atoms with van der Waals surface area (Å²) in [6.45, 7) is 0. The maximum absolute atomic E-state index is 11.5. The third kappa shape index (κ3) is 2.55. The third-order valence-corrected chi connectivity index (χ3v) is 4.19. The minimum atomic E-state index is -0.0784. The highest BCUT2D eigenvalue weighted by Gasteiger charge is 2.27. The number of carbonyl (C=O) groups is 1. The molecular formula is C12H18N2OS. The van der Waals surface area contributed by atoms with Crippen LogP contribution < -0.4 is 10.6 Å². The van der Waals surface area contributed by atoms with Gasteiger partial charge in [-0.25, -0.2) is 4.79 Å². The van der Waals surface area contributed by atoms with Gasteiger partial charge in [0, 0.05) is 11.9 Å². The molecule has 2 amide bonds. The minimum absolute atomic E-state index is 0.0784. The van der Waals surface area contributed by atoms with E-state index in [-0.39, 0.29) is 12.1 Å². The van der Waals surface area contributed by atoms with Gasteiger partial charge in [0.05, 0.1) is 6.04 Å². The molecule has 2 N–H and O–H groups in total. The van der Waals surface area contributed by atoms with Crippen LogP contribution in [0.1, 0.15) is 36.6 Å². The Bertz CT molecular complexity index is 331. The van der Waals surface area contributed by atoms with E-state index in [1.807, 2.05) is 6.07 Å². The van der Waals surface area contributed by atoms with Crippen molar-refractivity contribution < 1.29 is 4.79 Å². The number of carbonyl (C=O) groups excluding carboxylic acids is 1.